The van der Waals surface area contributed by atoms with E-state index in [0.717, 1.165) is 10.7 Å². The standard InChI is InChI=1S/C13H16N2O3S2/c1-10-15-11(9-19-10)7-8-14-20(16,17)13-5-3-12(18-2)4-6-13/h3-6,9,14H,7-8H2,1-2H3. The summed E-state index contributed by atoms with van der Waals surface area (Å²) in [6.45, 7) is 2.26. The SMILES string of the molecule is COc1ccc(S(=O)(=O)NCCc2csc(C)n2)cc1. The smallest absolute Gasteiger partial charge is 0.240 e. The molecule has 0 saturated heterocycles. The monoisotopic (exact) mass is 312 g/mol. The first kappa shape index (κ1) is 15.0. The molecule has 0 bridgehead atoms. The van der Waals surface area contributed by atoms with Crippen molar-refractivity contribution in [2.45, 2.75) is 18.2 Å². The molecule has 7 heteroatoms. The van der Waals surface area contributed by atoms with Crippen LogP contribution in [-0.2, 0) is 16.4 Å². The van der Waals surface area contributed by atoms with Gasteiger partial charge in [-0.1, -0.05) is 0 Å². The zero-order valence-corrected chi connectivity index (χ0v) is 12.9. The van der Waals surface area contributed by atoms with Crippen LogP contribution in [-0.4, -0.2) is 27.1 Å². The molecule has 0 spiro atoms. The number of rotatable bonds is 6. The van der Waals surface area contributed by atoms with Gasteiger partial charge in [0, 0.05) is 18.3 Å². The molecule has 0 amide bonds. The number of hydrogen-bond acceptors (Lipinski definition) is 5. The number of hydrogen-bond donors (Lipinski definition) is 1. The Morgan fingerprint density at radius 1 is 1.30 bits per heavy atom. The van der Waals surface area contributed by atoms with Crippen LogP contribution in [0.1, 0.15) is 10.7 Å². The highest BCUT2D eigenvalue weighted by molar-refractivity contribution is 7.89. The van der Waals surface area contributed by atoms with Crippen molar-refractivity contribution in [3.05, 3.63) is 40.3 Å². The van der Waals surface area contributed by atoms with Crippen LogP contribution in [0.15, 0.2) is 34.5 Å². The van der Waals surface area contributed by atoms with Crippen LogP contribution in [0.25, 0.3) is 0 Å². The Bertz CT molecular complexity index is 663. The van der Waals surface area contributed by atoms with Gasteiger partial charge in [0.1, 0.15) is 5.75 Å². The summed E-state index contributed by atoms with van der Waals surface area (Å²) in [7, 11) is -1.94. The fourth-order valence-corrected chi connectivity index (χ4v) is 3.35. The van der Waals surface area contributed by atoms with E-state index in [9.17, 15) is 8.42 Å². The number of ether oxygens (including phenoxy) is 1. The van der Waals surface area contributed by atoms with Gasteiger partial charge in [-0.15, -0.1) is 11.3 Å². The maximum atomic E-state index is 12.1. The van der Waals surface area contributed by atoms with Crippen LogP contribution in [0, 0.1) is 6.92 Å². The number of aromatic nitrogens is 1. The summed E-state index contributed by atoms with van der Waals surface area (Å²) < 4.78 is 31.7. The van der Waals surface area contributed by atoms with Gasteiger partial charge < -0.3 is 4.74 Å². The van der Waals surface area contributed by atoms with Crippen LogP contribution in [0.2, 0.25) is 0 Å². The van der Waals surface area contributed by atoms with Gasteiger partial charge in [-0.25, -0.2) is 18.1 Å². The fourth-order valence-electron chi connectivity index (χ4n) is 1.67. The lowest BCUT2D eigenvalue weighted by Gasteiger charge is -2.06. The van der Waals surface area contributed by atoms with E-state index in [1.54, 1.807) is 23.5 Å². The predicted molar refractivity (Wildman–Crippen MR) is 78.7 cm³/mol. The van der Waals surface area contributed by atoms with E-state index < -0.39 is 10.0 Å². The molecule has 0 radical (unpaired) electrons. The molecule has 1 heterocycles. The van der Waals surface area contributed by atoms with Gasteiger partial charge in [-0.3, -0.25) is 0 Å². The molecule has 0 atom stereocenters. The van der Waals surface area contributed by atoms with Crippen LogP contribution < -0.4 is 9.46 Å². The minimum atomic E-state index is -3.48. The Morgan fingerprint density at radius 2 is 2.00 bits per heavy atom. The molecular formula is C13H16N2O3S2. The molecule has 108 valence electrons. The first-order valence-corrected chi connectivity index (χ1v) is 8.42. The molecule has 2 aromatic rings. The van der Waals surface area contributed by atoms with Gasteiger partial charge in [-0.2, -0.15) is 0 Å². The van der Waals surface area contributed by atoms with Gasteiger partial charge in [0.05, 0.1) is 22.7 Å². The summed E-state index contributed by atoms with van der Waals surface area (Å²) in [6.07, 6.45) is 0.583. The van der Waals surface area contributed by atoms with Crippen molar-refractivity contribution in [2.24, 2.45) is 0 Å². The molecule has 1 aromatic carbocycles. The zero-order valence-electron chi connectivity index (χ0n) is 11.3. The Labute approximate surface area is 122 Å². The van der Waals surface area contributed by atoms with Gasteiger partial charge in [-0.05, 0) is 31.2 Å². The first-order chi connectivity index (χ1) is 9.51. The predicted octanol–water partition coefficient (Wildman–Crippen LogP) is 1.98. The van der Waals surface area contributed by atoms with Gasteiger partial charge in [0.25, 0.3) is 0 Å². The van der Waals surface area contributed by atoms with Gasteiger partial charge in [0.15, 0.2) is 0 Å². The third kappa shape index (κ3) is 3.78. The first-order valence-electron chi connectivity index (χ1n) is 6.06. The average Bonchev–Trinajstić information content (AvgIpc) is 2.84. The number of aryl methyl sites for hydroxylation is 1. The normalized spacial score (nSPS) is 11.5. The lowest BCUT2D eigenvalue weighted by molar-refractivity contribution is 0.414. The quantitative estimate of drug-likeness (QED) is 0.885. The third-order valence-corrected chi connectivity index (χ3v) is 5.01. The summed E-state index contributed by atoms with van der Waals surface area (Å²) in [5, 5.41) is 2.93. The van der Waals surface area contributed by atoms with Crippen molar-refractivity contribution < 1.29 is 13.2 Å². The lowest BCUT2D eigenvalue weighted by atomic mass is 10.3. The lowest BCUT2D eigenvalue weighted by Crippen LogP contribution is -2.26. The van der Waals surface area contributed by atoms with Crippen molar-refractivity contribution in [2.75, 3.05) is 13.7 Å². The Morgan fingerprint density at radius 3 is 2.55 bits per heavy atom. The van der Waals surface area contributed by atoms with E-state index in [2.05, 4.69) is 9.71 Å². The van der Waals surface area contributed by atoms with E-state index in [1.165, 1.54) is 19.2 Å². The molecule has 5 nitrogen and oxygen atoms in total. The van der Waals surface area contributed by atoms with Crippen molar-refractivity contribution in [1.82, 2.24) is 9.71 Å². The summed E-state index contributed by atoms with van der Waals surface area (Å²) in [4.78, 5) is 4.52. The molecular weight excluding hydrogens is 296 g/mol. The summed E-state index contributed by atoms with van der Waals surface area (Å²) in [5.74, 6) is 0.627. The fraction of sp³-hybridized carbons (Fsp3) is 0.308. The summed E-state index contributed by atoms with van der Waals surface area (Å²) >= 11 is 1.56. The number of nitrogens with zero attached hydrogens (tertiary/aromatic N) is 1. The highest BCUT2D eigenvalue weighted by Gasteiger charge is 2.13. The topological polar surface area (TPSA) is 68.3 Å². The number of nitrogens with one attached hydrogen (secondary N) is 1. The molecule has 0 unspecified atom stereocenters. The molecule has 0 aliphatic heterocycles. The van der Waals surface area contributed by atoms with Crippen LogP contribution in [0.3, 0.4) is 0 Å². The molecule has 0 aliphatic rings. The highest BCUT2D eigenvalue weighted by atomic mass is 32.2. The van der Waals surface area contributed by atoms with E-state index in [4.69, 9.17) is 4.74 Å². The largest absolute Gasteiger partial charge is 0.497 e. The average molecular weight is 312 g/mol. The number of methoxy groups -OCH3 is 1. The second-order valence-corrected chi connectivity index (χ2v) is 7.01. The highest BCUT2D eigenvalue weighted by Crippen LogP contribution is 2.15. The Kier molecular flexibility index (Phi) is 4.74. The Balaban J connectivity index is 1.96. The van der Waals surface area contributed by atoms with Crippen LogP contribution in [0.5, 0.6) is 5.75 Å². The van der Waals surface area contributed by atoms with E-state index in [0.29, 0.717) is 18.7 Å². The maximum absolute atomic E-state index is 12.1. The van der Waals surface area contributed by atoms with E-state index >= 15 is 0 Å². The van der Waals surface area contributed by atoms with Crippen molar-refractivity contribution >= 4 is 21.4 Å². The third-order valence-electron chi connectivity index (χ3n) is 2.71. The molecule has 1 aromatic heterocycles. The number of sulfonamides is 1. The summed E-state index contributed by atoms with van der Waals surface area (Å²) in [5.41, 5.74) is 0.907. The van der Waals surface area contributed by atoms with Crippen molar-refractivity contribution in [3.8, 4) is 5.75 Å². The minimum absolute atomic E-state index is 0.229. The van der Waals surface area contributed by atoms with Gasteiger partial charge in [0.2, 0.25) is 10.0 Å². The second kappa shape index (κ2) is 6.34. The molecule has 0 fully saturated rings. The number of thiazole rings is 1. The van der Waals surface area contributed by atoms with Crippen LogP contribution in [0.4, 0.5) is 0 Å². The van der Waals surface area contributed by atoms with E-state index in [1.807, 2.05) is 12.3 Å². The molecule has 0 aliphatic carbocycles. The zero-order chi connectivity index (χ0) is 14.6. The molecule has 0 saturated carbocycles. The number of benzene rings is 1. The molecule has 20 heavy (non-hydrogen) atoms. The molecule has 2 rings (SSSR count). The van der Waals surface area contributed by atoms with Crippen LogP contribution >= 0.6 is 11.3 Å². The Hall–Kier alpha value is -1.44. The molecule has 1 N–H and O–H groups in total. The maximum Gasteiger partial charge on any atom is 0.240 e. The minimum Gasteiger partial charge on any atom is -0.497 e. The van der Waals surface area contributed by atoms with Gasteiger partial charge >= 0.3 is 0 Å². The van der Waals surface area contributed by atoms with Crippen molar-refractivity contribution in [1.29, 1.82) is 0 Å². The summed E-state index contributed by atoms with van der Waals surface area (Å²) in [6, 6.07) is 6.29. The van der Waals surface area contributed by atoms with Crippen molar-refractivity contribution in [3.63, 3.8) is 0 Å². The second-order valence-electron chi connectivity index (χ2n) is 4.18. The van der Waals surface area contributed by atoms with E-state index in [-0.39, 0.29) is 4.90 Å².